The number of aromatic amines is 1. The van der Waals surface area contributed by atoms with Gasteiger partial charge in [-0.25, -0.2) is 5.10 Å². The van der Waals surface area contributed by atoms with Crippen molar-refractivity contribution < 1.29 is 9.59 Å². The van der Waals surface area contributed by atoms with Crippen LogP contribution in [0.15, 0.2) is 47.5 Å². The maximum absolute atomic E-state index is 13.1. The van der Waals surface area contributed by atoms with Crippen LogP contribution >= 0.6 is 0 Å². The monoisotopic (exact) mass is 379 g/mol. The minimum absolute atomic E-state index is 0.193. The topological polar surface area (TPSA) is 114 Å². The third kappa shape index (κ3) is 3.40. The van der Waals surface area contributed by atoms with Crippen LogP contribution in [-0.2, 0) is 11.3 Å². The smallest absolute Gasteiger partial charge is 0.275 e. The molecule has 8 heteroatoms. The van der Waals surface area contributed by atoms with E-state index in [9.17, 15) is 14.4 Å². The van der Waals surface area contributed by atoms with Gasteiger partial charge in [0.2, 0.25) is 5.91 Å². The predicted octanol–water partition coefficient (Wildman–Crippen LogP) is 1.06. The van der Waals surface area contributed by atoms with Crippen molar-refractivity contribution in [3.05, 3.63) is 64.2 Å². The Labute approximate surface area is 161 Å². The molecular weight excluding hydrogens is 358 g/mol. The lowest BCUT2D eigenvalue weighted by atomic mass is 9.95. The maximum Gasteiger partial charge on any atom is 0.275 e. The van der Waals surface area contributed by atoms with E-state index in [0.717, 1.165) is 5.56 Å². The van der Waals surface area contributed by atoms with Gasteiger partial charge >= 0.3 is 0 Å². The lowest BCUT2D eigenvalue weighted by Gasteiger charge is -2.31. The first kappa shape index (κ1) is 18.0. The van der Waals surface area contributed by atoms with Crippen molar-refractivity contribution >= 4 is 11.8 Å². The molecule has 28 heavy (non-hydrogen) atoms. The van der Waals surface area contributed by atoms with E-state index in [-0.39, 0.29) is 23.3 Å². The van der Waals surface area contributed by atoms with Gasteiger partial charge in [-0.1, -0.05) is 30.3 Å². The Bertz CT molecular complexity index is 1030. The summed E-state index contributed by atoms with van der Waals surface area (Å²) in [6, 6.07) is 9.80. The van der Waals surface area contributed by atoms with Gasteiger partial charge < -0.3 is 15.2 Å². The highest BCUT2D eigenvalue weighted by atomic mass is 16.2. The Hall–Kier alpha value is -3.42. The van der Waals surface area contributed by atoms with Crippen LogP contribution in [0, 0.1) is 5.92 Å². The van der Waals surface area contributed by atoms with Crippen molar-refractivity contribution in [3.8, 4) is 11.3 Å². The first-order valence-corrected chi connectivity index (χ1v) is 9.23. The zero-order valence-electron chi connectivity index (χ0n) is 15.3. The number of primary amides is 1. The van der Waals surface area contributed by atoms with Gasteiger partial charge in [-0.05, 0) is 18.4 Å². The maximum atomic E-state index is 13.1. The second-order valence-corrected chi connectivity index (χ2v) is 7.11. The number of benzene rings is 1. The Kier molecular flexibility index (Phi) is 4.68. The van der Waals surface area contributed by atoms with Gasteiger partial charge in [0, 0.05) is 37.9 Å². The van der Waals surface area contributed by atoms with Crippen molar-refractivity contribution in [1.82, 2.24) is 19.7 Å². The number of aromatic nitrogens is 3. The lowest BCUT2D eigenvalue weighted by Crippen LogP contribution is -2.42. The van der Waals surface area contributed by atoms with E-state index >= 15 is 0 Å². The van der Waals surface area contributed by atoms with Gasteiger partial charge in [-0.15, -0.1) is 0 Å². The molecule has 1 aromatic rings. The molecule has 0 unspecified atom stereocenters. The Balaban J connectivity index is 1.65. The van der Waals surface area contributed by atoms with E-state index in [2.05, 4.69) is 10.2 Å². The molecule has 0 radical (unpaired) electrons. The normalized spacial score (nSPS) is 15.1. The van der Waals surface area contributed by atoms with Crippen molar-refractivity contribution in [3.63, 3.8) is 0 Å². The van der Waals surface area contributed by atoms with Crippen LogP contribution in [0.2, 0.25) is 0 Å². The molecule has 1 fully saturated rings. The molecule has 4 rings (SSSR count). The molecule has 3 aliphatic heterocycles. The van der Waals surface area contributed by atoms with Crippen LogP contribution in [0.25, 0.3) is 11.3 Å². The molecule has 1 saturated heterocycles. The summed E-state index contributed by atoms with van der Waals surface area (Å²) in [4.78, 5) is 38.3. The lowest BCUT2D eigenvalue weighted by molar-refractivity contribution is -0.123. The Morgan fingerprint density at radius 3 is 2.54 bits per heavy atom. The third-order valence-electron chi connectivity index (χ3n) is 5.24. The molecule has 1 aromatic carbocycles. The number of fused-ring (bicyclic) bond motifs is 1. The quantitative estimate of drug-likeness (QED) is 0.705. The number of nitrogens with two attached hydrogens (primary N) is 1. The number of rotatable bonds is 4. The van der Waals surface area contributed by atoms with Crippen LogP contribution in [0.3, 0.4) is 0 Å². The van der Waals surface area contributed by atoms with Gasteiger partial charge in [0.05, 0.1) is 11.1 Å². The second-order valence-electron chi connectivity index (χ2n) is 7.11. The van der Waals surface area contributed by atoms with E-state index in [4.69, 9.17) is 5.73 Å². The first-order valence-electron chi connectivity index (χ1n) is 9.23. The number of likely N-dealkylation sites (tertiary alicyclic amines) is 1. The molecule has 3 aliphatic rings. The second kappa shape index (κ2) is 7.30. The van der Waals surface area contributed by atoms with Crippen LogP contribution in [-0.4, -0.2) is 44.6 Å². The molecule has 3 N–H and O–H groups in total. The van der Waals surface area contributed by atoms with Crippen molar-refractivity contribution in [2.75, 3.05) is 13.1 Å². The third-order valence-corrected chi connectivity index (χ3v) is 5.24. The number of carbonyl (C=O) groups is 2. The van der Waals surface area contributed by atoms with Crippen LogP contribution in [0.5, 0.6) is 0 Å². The number of amides is 2. The number of piperidine rings is 1. The van der Waals surface area contributed by atoms with Gasteiger partial charge in [-0.3, -0.25) is 14.4 Å². The minimum Gasteiger partial charge on any atom is -0.369 e. The average molecular weight is 379 g/mol. The summed E-state index contributed by atoms with van der Waals surface area (Å²) in [5, 5.41) is 6.49. The molecule has 2 amide bonds. The largest absolute Gasteiger partial charge is 0.369 e. The first-order chi connectivity index (χ1) is 13.5. The molecule has 144 valence electrons. The minimum atomic E-state index is -0.321. The summed E-state index contributed by atoms with van der Waals surface area (Å²) in [6.07, 6.45) is 4.55. The zero-order valence-corrected chi connectivity index (χ0v) is 15.3. The number of pyridine rings is 1. The van der Waals surface area contributed by atoms with Gasteiger partial charge in [0.15, 0.2) is 0 Å². The highest BCUT2D eigenvalue weighted by Gasteiger charge is 2.29. The molecule has 0 atom stereocenters. The van der Waals surface area contributed by atoms with E-state index in [1.165, 1.54) is 0 Å². The number of hydrogen-bond acceptors (Lipinski definition) is 4. The summed E-state index contributed by atoms with van der Waals surface area (Å²) in [6.45, 7) is 1.44. The number of carbonyl (C=O) groups excluding carboxylic acids is 2. The highest BCUT2D eigenvalue weighted by molar-refractivity contribution is 6.00. The Morgan fingerprint density at radius 1 is 1.14 bits per heavy atom. The zero-order chi connectivity index (χ0) is 19.7. The predicted molar refractivity (Wildman–Crippen MR) is 103 cm³/mol. The molecular formula is C20H21N5O3. The molecule has 3 heterocycles. The molecule has 0 spiro atoms. The van der Waals surface area contributed by atoms with Crippen LogP contribution in [0.4, 0.5) is 0 Å². The summed E-state index contributed by atoms with van der Waals surface area (Å²) < 4.78 is 1.83. The molecule has 0 bridgehead atoms. The van der Waals surface area contributed by atoms with Crippen molar-refractivity contribution in [1.29, 1.82) is 0 Å². The standard InChI is InChI=1S/C20H21N5O3/c21-18(26)14-6-8-25(9-7-14)20(28)16-12-24(10-13-4-2-1-3-5-13)11-15-17(16)22-23-19(15)27/h1-5,11-12,14H,6-10H2,(H2,21,26)(H,23,27). The van der Waals surface area contributed by atoms with E-state index in [0.29, 0.717) is 49.3 Å². The Morgan fingerprint density at radius 2 is 1.86 bits per heavy atom. The fourth-order valence-corrected chi connectivity index (χ4v) is 3.67. The molecule has 0 aromatic heterocycles. The number of hydrogen-bond donors (Lipinski definition) is 2. The van der Waals surface area contributed by atoms with E-state index < -0.39 is 0 Å². The van der Waals surface area contributed by atoms with Crippen LogP contribution < -0.4 is 11.3 Å². The van der Waals surface area contributed by atoms with Gasteiger partial charge in [0.1, 0.15) is 5.69 Å². The number of nitrogens with one attached hydrogen (secondary N) is 1. The molecule has 0 aliphatic carbocycles. The van der Waals surface area contributed by atoms with Crippen molar-refractivity contribution in [2.24, 2.45) is 11.7 Å². The van der Waals surface area contributed by atoms with Crippen molar-refractivity contribution in [2.45, 2.75) is 19.4 Å². The number of nitrogens with zero attached hydrogens (tertiary/aromatic N) is 3. The van der Waals surface area contributed by atoms with Gasteiger partial charge in [-0.2, -0.15) is 5.10 Å². The van der Waals surface area contributed by atoms with E-state index in [1.807, 2.05) is 34.9 Å². The van der Waals surface area contributed by atoms with Gasteiger partial charge in [0.25, 0.3) is 11.5 Å². The molecule has 8 nitrogen and oxygen atoms in total. The van der Waals surface area contributed by atoms with E-state index in [1.54, 1.807) is 17.3 Å². The summed E-state index contributed by atoms with van der Waals surface area (Å²) in [5.74, 6) is -0.707. The molecule has 0 saturated carbocycles. The summed E-state index contributed by atoms with van der Waals surface area (Å²) in [7, 11) is 0. The summed E-state index contributed by atoms with van der Waals surface area (Å²) >= 11 is 0. The summed E-state index contributed by atoms with van der Waals surface area (Å²) in [5.41, 5.74) is 7.25. The van der Waals surface area contributed by atoms with Crippen LogP contribution in [0.1, 0.15) is 28.8 Å². The fourth-order valence-electron chi connectivity index (χ4n) is 3.67. The highest BCUT2D eigenvalue weighted by Crippen LogP contribution is 2.24. The SMILES string of the molecule is NC(=O)C1CCN(C(=O)c2cn(Cc3ccccc3)cc3c(=O)[nH]nc2-3)CC1. The average Bonchev–Trinajstić information content (AvgIpc) is 3.08. The fraction of sp³-hybridized carbons (Fsp3) is 0.300. The number of H-pyrrole nitrogens is 1.